The summed E-state index contributed by atoms with van der Waals surface area (Å²) in [5.74, 6) is 1.36. The first-order valence-electron chi connectivity index (χ1n) is 9.72. The van der Waals surface area contributed by atoms with Gasteiger partial charge < -0.3 is 19.9 Å². The van der Waals surface area contributed by atoms with Gasteiger partial charge in [-0.25, -0.2) is 4.98 Å². The minimum atomic E-state index is 0.618. The molecule has 0 aliphatic rings. The Labute approximate surface area is 176 Å². The molecule has 6 heteroatoms. The third-order valence-electron chi connectivity index (χ3n) is 4.89. The van der Waals surface area contributed by atoms with E-state index < -0.39 is 0 Å². The summed E-state index contributed by atoms with van der Waals surface area (Å²) >= 11 is 0. The van der Waals surface area contributed by atoms with Crippen LogP contribution in [-0.2, 0) is 6.54 Å². The molecule has 0 amide bonds. The predicted octanol–water partition coefficient (Wildman–Crippen LogP) is 4.78. The van der Waals surface area contributed by atoms with Crippen LogP contribution >= 0.6 is 0 Å². The molecule has 0 radical (unpaired) electrons. The maximum Gasteiger partial charge on any atom is 0.205 e. The van der Waals surface area contributed by atoms with Crippen molar-refractivity contribution < 1.29 is 4.74 Å². The lowest BCUT2D eigenvalue weighted by molar-refractivity contribution is 0.402. The van der Waals surface area contributed by atoms with Gasteiger partial charge >= 0.3 is 0 Å². The number of H-pyrrole nitrogens is 1. The fraction of sp³-hybridized carbons (Fsp3) is 0.167. The van der Waals surface area contributed by atoms with Gasteiger partial charge in [0.25, 0.3) is 0 Å². The molecule has 2 heterocycles. The van der Waals surface area contributed by atoms with E-state index in [4.69, 9.17) is 9.72 Å². The summed E-state index contributed by atoms with van der Waals surface area (Å²) in [6.07, 6.45) is 3.55. The smallest absolute Gasteiger partial charge is 0.205 e. The number of methoxy groups -OCH3 is 1. The quantitative estimate of drug-likeness (QED) is 0.468. The number of hydrogen-bond acceptors (Lipinski definition) is 5. The molecule has 2 aromatic heterocycles. The molecule has 2 aromatic carbocycles. The van der Waals surface area contributed by atoms with E-state index in [1.165, 1.54) is 5.56 Å². The summed E-state index contributed by atoms with van der Waals surface area (Å²) in [7, 11) is 5.78. The zero-order chi connectivity index (χ0) is 21.1. The number of rotatable bonds is 7. The van der Waals surface area contributed by atoms with Crippen LogP contribution in [0.1, 0.15) is 11.1 Å². The first-order chi connectivity index (χ1) is 14.5. The number of benzene rings is 2. The second kappa shape index (κ2) is 8.39. The molecule has 0 spiro atoms. The van der Waals surface area contributed by atoms with Crippen LogP contribution in [0.15, 0.2) is 67.5 Å². The topological polar surface area (TPSA) is 66.1 Å². The third kappa shape index (κ3) is 4.04. The fourth-order valence-corrected chi connectivity index (χ4v) is 3.45. The number of anilines is 1. The lowest BCUT2D eigenvalue weighted by Gasteiger charge is -2.11. The molecule has 30 heavy (non-hydrogen) atoms. The van der Waals surface area contributed by atoms with Gasteiger partial charge in [0.1, 0.15) is 16.8 Å². The van der Waals surface area contributed by atoms with Crippen LogP contribution in [0.2, 0.25) is 0 Å². The van der Waals surface area contributed by atoms with Crippen LogP contribution in [-0.4, -0.2) is 41.1 Å². The van der Waals surface area contributed by atoms with E-state index >= 15 is 0 Å². The summed E-state index contributed by atoms with van der Waals surface area (Å²) in [5, 5.41) is 3.30. The first-order valence-corrected chi connectivity index (χ1v) is 9.72. The maximum atomic E-state index is 5.53. The van der Waals surface area contributed by atoms with Gasteiger partial charge in [0.2, 0.25) is 5.95 Å². The van der Waals surface area contributed by atoms with Crippen LogP contribution in [0.5, 0.6) is 5.75 Å². The second-order valence-electron chi connectivity index (χ2n) is 7.40. The number of fused-ring (bicyclic) bond motifs is 1. The average molecular weight is 399 g/mol. The van der Waals surface area contributed by atoms with Crippen molar-refractivity contribution >= 4 is 22.7 Å². The number of nitrogens with zero attached hydrogens (tertiary/aromatic N) is 3. The summed E-state index contributed by atoms with van der Waals surface area (Å²) in [6, 6.07) is 16.3. The molecule has 0 fully saturated rings. The van der Waals surface area contributed by atoms with Crippen molar-refractivity contribution in [3.63, 3.8) is 0 Å². The van der Waals surface area contributed by atoms with Crippen LogP contribution < -0.4 is 10.1 Å². The molecule has 4 rings (SSSR count). The van der Waals surface area contributed by atoms with Crippen molar-refractivity contribution in [2.75, 3.05) is 26.5 Å². The lowest BCUT2D eigenvalue weighted by atomic mass is 10.1. The van der Waals surface area contributed by atoms with E-state index in [0.29, 0.717) is 5.95 Å². The molecule has 0 saturated carbocycles. The Morgan fingerprint density at radius 1 is 1.07 bits per heavy atom. The molecule has 0 saturated heterocycles. The maximum absolute atomic E-state index is 5.53. The highest BCUT2D eigenvalue weighted by molar-refractivity contribution is 5.97. The van der Waals surface area contributed by atoms with Crippen LogP contribution in [0.3, 0.4) is 0 Å². The van der Waals surface area contributed by atoms with Crippen molar-refractivity contribution in [1.29, 1.82) is 0 Å². The standard InChI is InChI=1S/C24H25N5O/c1-16(18-7-5-17(6-8-18)15-29(2)3)26-24-27-22-20(19-11-13-25-14-12-19)9-10-21(30-4)23(22)28-24/h5-14H,1,15H2,2-4H3,(H2,26,27,28). The number of nitrogens with one attached hydrogen (secondary N) is 2. The van der Waals surface area contributed by atoms with Crippen molar-refractivity contribution in [2.24, 2.45) is 0 Å². The van der Waals surface area contributed by atoms with Crippen LogP contribution in [0.25, 0.3) is 27.9 Å². The second-order valence-corrected chi connectivity index (χ2v) is 7.40. The zero-order valence-electron chi connectivity index (χ0n) is 17.4. The van der Waals surface area contributed by atoms with E-state index in [2.05, 4.69) is 65.1 Å². The number of hydrogen-bond donors (Lipinski definition) is 2. The number of pyridine rings is 1. The summed E-state index contributed by atoms with van der Waals surface area (Å²) < 4.78 is 5.53. The molecule has 0 atom stereocenters. The number of aromatic nitrogens is 3. The van der Waals surface area contributed by atoms with Gasteiger partial charge in [-0.2, -0.15) is 0 Å². The molecule has 152 valence electrons. The molecular weight excluding hydrogens is 374 g/mol. The molecular formula is C24H25N5O. The predicted molar refractivity (Wildman–Crippen MR) is 122 cm³/mol. The van der Waals surface area contributed by atoms with E-state index in [9.17, 15) is 0 Å². The Morgan fingerprint density at radius 3 is 2.47 bits per heavy atom. The highest BCUT2D eigenvalue weighted by atomic mass is 16.5. The van der Waals surface area contributed by atoms with E-state index in [0.717, 1.165) is 45.7 Å². The molecule has 2 N–H and O–H groups in total. The molecule has 4 aromatic rings. The van der Waals surface area contributed by atoms with Gasteiger partial charge in [0.05, 0.1) is 7.11 Å². The first kappa shape index (κ1) is 19.7. The van der Waals surface area contributed by atoms with Gasteiger partial charge in [-0.15, -0.1) is 0 Å². The monoisotopic (exact) mass is 399 g/mol. The largest absolute Gasteiger partial charge is 0.494 e. The average Bonchev–Trinajstić information content (AvgIpc) is 3.17. The molecule has 0 bridgehead atoms. The summed E-state index contributed by atoms with van der Waals surface area (Å²) in [4.78, 5) is 14.4. The molecule has 0 unspecified atom stereocenters. The lowest BCUT2D eigenvalue weighted by Crippen LogP contribution is -2.10. The highest BCUT2D eigenvalue weighted by Crippen LogP contribution is 2.34. The van der Waals surface area contributed by atoms with E-state index in [-0.39, 0.29) is 0 Å². The Hall–Kier alpha value is -3.64. The molecule has 0 aliphatic carbocycles. The third-order valence-corrected chi connectivity index (χ3v) is 4.89. The Balaban J connectivity index is 1.64. The Morgan fingerprint density at radius 2 is 1.80 bits per heavy atom. The highest BCUT2D eigenvalue weighted by Gasteiger charge is 2.14. The van der Waals surface area contributed by atoms with Crippen molar-refractivity contribution in [3.8, 4) is 16.9 Å². The normalized spacial score (nSPS) is 11.1. The van der Waals surface area contributed by atoms with Crippen molar-refractivity contribution in [2.45, 2.75) is 6.54 Å². The SMILES string of the molecule is C=C(Nc1nc2c(-c3ccncc3)ccc(OC)c2[nH]1)c1ccc(CN(C)C)cc1. The Kier molecular flexibility index (Phi) is 5.50. The molecule has 6 nitrogen and oxygen atoms in total. The van der Waals surface area contributed by atoms with Crippen molar-refractivity contribution in [3.05, 3.63) is 78.6 Å². The van der Waals surface area contributed by atoms with Gasteiger partial charge in [-0.3, -0.25) is 4.98 Å². The molecule has 0 aliphatic heterocycles. The number of imidazole rings is 1. The summed E-state index contributed by atoms with van der Waals surface area (Å²) in [6.45, 7) is 5.09. The van der Waals surface area contributed by atoms with Crippen molar-refractivity contribution in [1.82, 2.24) is 19.9 Å². The van der Waals surface area contributed by atoms with Crippen LogP contribution in [0.4, 0.5) is 5.95 Å². The minimum absolute atomic E-state index is 0.618. The Bertz CT molecular complexity index is 1160. The van der Waals surface area contributed by atoms with E-state index in [1.54, 1.807) is 19.5 Å². The fourth-order valence-electron chi connectivity index (χ4n) is 3.45. The van der Waals surface area contributed by atoms with E-state index in [1.807, 2.05) is 24.3 Å². The number of ether oxygens (including phenoxy) is 1. The van der Waals surface area contributed by atoms with Gasteiger partial charge in [0, 0.05) is 30.2 Å². The van der Waals surface area contributed by atoms with Crippen LogP contribution in [0, 0.1) is 0 Å². The zero-order valence-corrected chi connectivity index (χ0v) is 17.4. The van der Waals surface area contributed by atoms with Gasteiger partial charge in [0.15, 0.2) is 0 Å². The number of aromatic amines is 1. The van der Waals surface area contributed by atoms with Gasteiger partial charge in [-0.05, 0) is 55.1 Å². The van der Waals surface area contributed by atoms with Gasteiger partial charge in [-0.1, -0.05) is 30.8 Å². The minimum Gasteiger partial charge on any atom is -0.494 e. The summed E-state index contributed by atoms with van der Waals surface area (Å²) in [5.41, 5.74) is 6.77.